The molecular formula is C29H30N6OS. The molecule has 0 spiro atoms. The molecule has 0 aliphatic carbocycles. The van der Waals surface area contributed by atoms with Crippen LogP contribution in [0.4, 0.5) is 5.69 Å². The maximum atomic E-state index is 13.0. The largest absolute Gasteiger partial charge is 0.352 e. The van der Waals surface area contributed by atoms with Gasteiger partial charge < -0.3 is 20.1 Å². The maximum Gasteiger partial charge on any atom is 0.226 e. The van der Waals surface area contributed by atoms with Crippen LogP contribution in [0.25, 0.3) is 0 Å². The summed E-state index contributed by atoms with van der Waals surface area (Å²) in [6.07, 6.45) is 7.84. The molecule has 1 saturated heterocycles. The third-order valence-corrected chi connectivity index (χ3v) is 7.04. The van der Waals surface area contributed by atoms with Gasteiger partial charge in [-0.05, 0) is 79.2 Å². The van der Waals surface area contributed by atoms with E-state index in [-0.39, 0.29) is 18.0 Å². The van der Waals surface area contributed by atoms with E-state index in [4.69, 9.17) is 12.2 Å². The van der Waals surface area contributed by atoms with E-state index >= 15 is 0 Å². The van der Waals surface area contributed by atoms with Crippen LogP contribution in [0, 0.1) is 13.8 Å². The third kappa shape index (κ3) is 5.54. The van der Waals surface area contributed by atoms with Crippen molar-refractivity contribution in [2.75, 3.05) is 11.9 Å². The van der Waals surface area contributed by atoms with Crippen LogP contribution in [0.1, 0.15) is 46.6 Å². The Labute approximate surface area is 222 Å². The Morgan fingerprint density at radius 2 is 1.97 bits per heavy atom. The van der Waals surface area contributed by atoms with Crippen LogP contribution >= 0.6 is 12.2 Å². The minimum absolute atomic E-state index is 0.0396. The van der Waals surface area contributed by atoms with E-state index in [1.54, 1.807) is 12.4 Å². The number of thiocarbonyl (C=S) groups is 1. The number of pyridine rings is 2. The van der Waals surface area contributed by atoms with E-state index in [0.717, 1.165) is 33.8 Å². The molecule has 0 unspecified atom stereocenters. The van der Waals surface area contributed by atoms with Crippen LogP contribution < -0.4 is 10.6 Å². The summed E-state index contributed by atoms with van der Waals surface area (Å²) >= 11 is 5.80. The van der Waals surface area contributed by atoms with E-state index in [1.165, 1.54) is 0 Å². The Hall–Kier alpha value is -4.04. The molecule has 4 heterocycles. The molecule has 0 saturated carbocycles. The van der Waals surface area contributed by atoms with Gasteiger partial charge in [-0.25, -0.2) is 0 Å². The minimum Gasteiger partial charge on any atom is -0.352 e. The highest BCUT2D eigenvalue weighted by Gasteiger charge is 2.41. The number of rotatable bonds is 8. The van der Waals surface area contributed by atoms with Gasteiger partial charge in [0.2, 0.25) is 5.91 Å². The van der Waals surface area contributed by atoms with Gasteiger partial charge in [0.1, 0.15) is 0 Å². The molecule has 1 fully saturated rings. The fourth-order valence-electron chi connectivity index (χ4n) is 4.80. The van der Waals surface area contributed by atoms with Gasteiger partial charge in [-0.15, -0.1) is 0 Å². The van der Waals surface area contributed by atoms with E-state index < -0.39 is 0 Å². The van der Waals surface area contributed by atoms with Crippen molar-refractivity contribution in [3.05, 3.63) is 114 Å². The summed E-state index contributed by atoms with van der Waals surface area (Å²) in [5, 5.41) is 7.17. The van der Waals surface area contributed by atoms with Crippen molar-refractivity contribution in [3.63, 3.8) is 0 Å². The number of amides is 1. The molecule has 1 aliphatic heterocycles. The zero-order valence-corrected chi connectivity index (χ0v) is 21.8. The molecule has 2 atom stereocenters. The van der Waals surface area contributed by atoms with Gasteiger partial charge in [0, 0.05) is 55.7 Å². The van der Waals surface area contributed by atoms with Crippen LogP contribution in [0.2, 0.25) is 0 Å². The molecule has 7 nitrogen and oxygen atoms in total. The van der Waals surface area contributed by atoms with Crippen molar-refractivity contribution in [2.24, 2.45) is 0 Å². The number of carbonyl (C=O) groups is 1. The van der Waals surface area contributed by atoms with Gasteiger partial charge in [0.25, 0.3) is 0 Å². The number of hydrogen-bond acceptors (Lipinski definition) is 4. The van der Waals surface area contributed by atoms with E-state index in [2.05, 4.69) is 48.4 Å². The second-order valence-corrected chi connectivity index (χ2v) is 9.75. The summed E-state index contributed by atoms with van der Waals surface area (Å²) in [5.41, 5.74) is 6.12. The number of hydrogen-bond donors (Lipinski definition) is 2. The molecule has 1 amide bonds. The van der Waals surface area contributed by atoms with Gasteiger partial charge in [0.15, 0.2) is 5.11 Å². The third-order valence-electron chi connectivity index (χ3n) is 6.69. The average Bonchev–Trinajstić information content (AvgIpc) is 3.49. The lowest BCUT2D eigenvalue weighted by molar-refractivity contribution is -0.116. The van der Waals surface area contributed by atoms with Gasteiger partial charge >= 0.3 is 0 Å². The van der Waals surface area contributed by atoms with E-state index in [1.807, 2.05) is 68.6 Å². The second kappa shape index (κ2) is 10.9. The van der Waals surface area contributed by atoms with Crippen LogP contribution in [0.15, 0.2) is 85.5 Å². The average molecular weight is 511 g/mol. The lowest BCUT2D eigenvalue weighted by atomic mass is 10.0. The quantitative estimate of drug-likeness (QED) is 0.327. The van der Waals surface area contributed by atoms with Crippen LogP contribution in [0.3, 0.4) is 0 Å². The predicted octanol–water partition coefficient (Wildman–Crippen LogP) is 4.94. The van der Waals surface area contributed by atoms with E-state index in [0.29, 0.717) is 24.6 Å². The Morgan fingerprint density at radius 3 is 2.76 bits per heavy atom. The van der Waals surface area contributed by atoms with E-state index in [9.17, 15) is 4.79 Å². The zero-order valence-electron chi connectivity index (χ0n) is 21.0. The lowest BCUT2D eigenvalue weighted by Crippen LogP contribution is -2.33. The van der Waals surface area contributed by atoms with Crippen molar-refractivity contribution < 1.29 is 4.79 Å². The standard InChI is InChI=1S/C29H30N6OS/c1-20-10-11-21(2)24(17-20)32-26(36)12-16-35-28(27(33-29(35)37)23-8-3-4-14-31-23)25-9-6-15-34(25)19-22-7-5-13-30-18-22/h3-11,13-15,17-18,27-28H,12,16,19H2,1-2H3,(H,32,36)(H,33,37)/t27-,28+/m0/s1. The van der Waals surface area contributed by atoms with Crippen molar-refractivity contribution in [1.29, 1.82) is 0 Å². The molecule has 37 heavy (non-hydrogen) atoms. The summed E-state index contributed by atoms with van der Waals surface area (Å²) in [6, 6.07) is 19.9. The predicted molar refractivity (Wildman–Crippen MR) is 149 cm³/mol. The topological polar surface area (TPSA) is 75.1 Å². The van der Waals surface area contributed by atoms with Crippen LogP contribution in [0.5, 0.6) is 0 Å². The van der Waals surface area contributed by atoms with Crippen LogP contribution in [-0.2, 0) is 11.3 Å². The summed E-state index contributed by atoms with van der Waals surface area (Å²) < 4.78 is 2.22. The highest BCUT2D eigenvalue weighted by Crippen LogP contribution is 2.39. The van der Waals surface area contributed by atoms with Gasteiger partial charge in [-0.1, -0.05) is 24.3 Å². The normalized spacial score (nSPS) is 17.0. The Balaban J connectivity index is 1.40. The first-order chi connectivity index (χ1) is 18.0. The molecular weight excluding hydrogens is 480 g/mol. The van der Waals surface area contributed by atoms with Gasteiger partial charge in [0.05, 0.1) is 17.8 Å². The lowest BCUT2D eigenvalue weighted by Gasteiger charge is -2.29. The molecule has 0 bridgehead atoms. The number of nitrogens with one attached hydrogen (secondary N) is 2. The van der Waals surface area contributed by atoms with Crippen molar-refractivity contribution in [1.82, 2.24) is 24.8 Å². The monoisotopic (exact) mass is 510 g/mol. The summed E-state index contributed by atoms with van der Waals surface area (Å²) in [4.78, 5) is 24.0. The number of carbonyl (C=O) groups excluding carboxylic acids is 1. The van der Waals surface area contributed by atoms with Crippen LogP contribution in [-0.4, -0.2) is 37.0 Å². The SMILES string of the molecule is Cc1ccc(C)c(NC(=O)CCN2C(=S)N[C@@H](c3ccccn3)[C@H]2c2cccn2Cc2cccnc2)c1. The summed E-state index contributed by atoms with van der Waals surface area (Å²) in [6.45, 7) is 5.19. The Morgan fingerprint density at radius 1 is 1.08 bits per heavy atom. The first-order valence-corrected chi connectivity index (χ1v) is 12.8. The molecule has 5 rings (SSSR count). The minimum atomic E-state index is -0.140. The number of aryl methyl sites for hydroxylation is 2. The molecule has 1 aromatic carbocycles. The first-order valence-electron chi connectivity index (χ1n) is 12.4. The summed E-state index contributed by atoms with van der Waals surface area (Å²) in [7, 11) is 0. The zero-order chi connectivity index (χ0) is 25.8. The number of aromatic nitrogens is 3. The molecule has 0 radical (unpaired) electrons. The summed E-state index contributed by atoms with van der Waals surface area (Å²) in [5.74, 6) is -0.0396. The number of benzene rings is 1. The molecule has 2 N–H and O–H groups in total. The van der Waals surface area contributed by atoms with Gasteiger partial charge in [-0.3, -0.25) is 14.8 Å². The molecule has 1 aliphatic rings. The highest BCUT2D eigenvalue weighted by atomic mass is 32.1. The second-order valence-electron chi connectivity index (χ2n) is 9.36. The Bertz CT molecular complexity index is 1390. The fraction of sp³-hybridized carbons (Fsp3) is 0.241. The van der Waals surface area contributed by atoms with Gasteiger partial charge in [-0.2, -0.15) is 0 Å². The molecule has 4 aromatic rings. The van der Waals surface area contributed by atoms with Crippen molar-refractivity contribution in [3.8, 4) is 0 Å². The molecule has 188 valence electrons. The Kier molecular flexibility index (Phi) is 7.28. The molecule has 8 heteroatoms. The van der Waals surface area contributed by atoms with Crippen molar-refractivity contribution >= 4 is 28.9 Å². The number of anilines is 1. The first kappa shape index (κ1) is 24.6. The maximum absolute atomic E-state index is 13.0. The smallest absolute Gasteiger partial charge is 0.226 e. The highest BCUT2D eigenvalue weighted by molar-refractivity contribution is 7.80. The fourth-order valence-corrected chi connectivity index (χ4v) is 5.13. The number of nitrogens with zero attached hydrogens (tertiary/aromatic N) is 4. The molecule has 3 aromatic heterocycles. The van der Waals surface area contributed by atoms with Crippen molar-refractivity contribution in [2.45, 2.75) is 38.9 Å².